The van der Waals surface area contributed by atoms with Crippen LogP contribution < -0.4 is 5.32 Å². The first-order chi connectivity index (χ1) is 5.66. The Bertz CT molecular complexity index is 319. The first kappa shape index (κ1) is 8.80. The lowest BCUT2D eigenvalue weighted by Crippen LogP contribution is -1.95. The van der Waals surface area contributed by atoms with Gasteiger partial charge in [-0.3, -0.25) is 9.59 Å². The third-order valence-electron chi connectivity index (χ3n) is 1.55. The van der Waals surface area contributed by atoms with Crippen LogP contribution >= 0.6 is 11.6 Å². The van der Waals surface area contributed by atoms with E-state index in [1.54, 1.807) is 6.92 Å². The number of hydrogen-bond donors (Lipinski definition) is 2. The number of rotatable bonds is 3. The van der Waals surface area contributed by atoms with Gasteiger partial charge < -0.3 is 10.3 Å². The van der Waals surface area contributed by atoms with Gasteiger partial charge in [0.1, 0.15) is 5.69 Å². The lowest BCUT2D eigenvalue weighted by molar-refractivity contribution is -0.105. The molecule has 1 rings (SSSR count). The minimum absolute atomic E-state index is 0.306. The molecule has 0 spiro atoms. The molecule has 0 saturated heterocycles. The van der Waals surface area contributed by atoms with Crippen LogP contribution in [-0.2, 0) is 4.79 Å². The number of nitrogens with one attached hydrogen (secondary N) is 2. The third-order valence-corrected chi connectivity index (χ3v) is 1.74. The largest absolute Gasteiger partial charge is 0.356 e. The number of carbonyl (C=O) groups excluding carboxylic acids is 2. The van der Waals surface area contributed by atoms with Gasteiger partial charge in [0.2, 0.25) is 6.41 Å². The van der Waals surface area contributed by atoms with Gasteiger partial charge in [0, 0.05) is 11.8 Å². The minimum atomic E-state index is -0.563. The van der Waals surface area contributed by atoms with Crippen molar-refractivity contribution in [3.8, 4) is 0 Å². The van der Waals surface area contributed by atoms with E-state index in [4.69, 9.17) is 11.6 Å². The first-order valence-electron chi connectivity index (χ1n) is 3.24. The molecule has 0 fully saturated rings. The normalized spacial score (nSPS) is 9.50. The smallest absolute Gasteiger partial charge is 0.268 e. The minimum Gasteiger partial charge on any atom is -0.356 e. The predicted molar refractivity (Wildman–Crippen MR) is 45.4 cm³/mol. The van der Waals surface area contributed by atoms with Crippen LogP contribution in [0.5, 0.6) is 0 Å². The Morgan fingerprint density at radius 2 is 2.42 bits per heavy atom. The number of hydrogen-bond acceptors (Lipinski definition) is 2. The fourth-order valence-corrected chi connectivity index (χ4v) is 1.11. The van der Waals surface area contributed by atoms with Crippen molar-refractivity contribution in [3.63, 3.8) is 0 Å². The number of anilines is 1. The molecule has 64 valence electrons. The van der Waals surface area contributed by atoms with Crippen molar-refractivity contribution in [3.05, 3.63) is 17.5 Å². The van der Waals surface area contributed by atoms with Gasteiger partial charge in [-0.25, -0.2) is 0 Å². The Balaban J connectivity index is 3.03. The molecule has 5 heteroatoms. The van der Waals surface area contributed by atoms with Gasteiger partial charge >= 0.3 is 0 Å². The maximum atomic E-state index is 10.7. The van der Waals surface area contributed by atoms with Crippen molar-refractivity contribution in [1.82, 2.24) is 4.98 Å². The second-order valence-corrected chi connectivity index (χ2v) is 2.58. The molecule has 0 aliphatic rings. The zero-order valence-corrected chi connectivity index (χ0v) is 7.11. The van der Waals surface area contributed by atoms with Crippen molar-refractivity contribution in [2.24, 2.45) is 0 Å². The van der Waals surface area contributed by atoms with E-state index in [-0.39, 0.29) is 0 Å². The van der Waals surface area contributed by atoms with Crippen molar-refractivity contribution in [2.75, 3.05) is 5.32 Å². The van der Waals surface area contributed by atoms with Gasteiger partial charge in [0.15, 0.2) is 0 Å². The summed E-state index contributed by atoms with van der Waals surface area (Å²) in [7, 11) is 0. The summed E-state index contributed by atoms with van der Waals surface area (Å²) in [4.78, 5) is 23.4. The molecule has 0 radical (unpaired) electrons. The molecule has 0 aromatic carbocycles. The fourth-order valence-electron chi connectivity index (χ4n) is 0.913. The summed E-state index contributed by atoms with van der Waals surface area (Å²) in [5.74, 6) is 0. The molecule has 12 heavy (non-hydrogen) atoms. The second-order valence-electron chi connectivity index (χ2n) is 2.24. The van der Waals surface area contributed by atoms with Crippen LogP contribution in [0.15, 0.2) is 6.20 Å². The zero-order chi connectivity index (χ0) is 9.14. The van der Waals surface area contributed by atoms with Crippen molar-refractivity contribution >= 4 is 28.9 Å². The molecule has 0 bridgehead atoms. The first-order valence-corrected chi connectivity index (χ1v) is 3.62. The van der Waals surface area contributed by atoms with E-state index in [1.165, 1.54) is 6.20 Å². The molecule has 2 N–H and O–H groups in total. The molecule has 1 heterocycles. The monoisotopic (exact) mass is 186 g/mol. The van der Waals surface area contributed by atoms with Crippen LogP contribution in [0.1, 0.15) is 16.1 Å². The van der Waals surface area contributed by atoms with Crippen molar-refractivity contribution in [2.45, 2.75) is 6.92 Å². The number of halogens is 1. The van der Waals surface area contributed by atoms with E-state index < -0.39 is 5.24 Å². The topological polar surface area (TPSA) is 62.0 Å². The fraction of sp³-hybridized carbons (Fsp3) is 0.143. The van der Waals surface area contributed by atoms with Gasteiger partial charge in [-0.15, -0.1) is 0 Å². The molecule has 1 amide bonds. The van der Waals surface area contributed by atoms with E-state index >= 15 is 0 Å². The van der Waals surface area contributed by atoms with Gasteiger partial charge in [0.05, 0.1) is 5.69 Å². The standard InChI is InChI=1S/C7H7ClN2O2/c1-4-5(10-3-11)2-9-6(4)7(8)12/h2-3,9H,1H3,(H,10,11). The van der Waals surface area contributed by atoms with E-state index in [0.717, 1.165) is 0 Å². The SMILES string of the molecule is Cc1c(NC=O)c[nH]c1C(=O)Cl. The van der Waals surface area contributed by atoms with Crippen LogP contribution in [0.25, 0.3) is 0 Å². The molecule has 0 atom stereocenters. The highest BCUT2D eigenvalue weighted by atomic mass is 35.5. The maximum absolute atomic E-state index is 10.7. The summed E-state index contributed by atoms with van der Waals surface area (Å²) in [5, 5.41) is 1.86. The van der Waals surface area contributed by atoms with Crippen LogP contribution in [0.3, 0.4) is 0 Å². The van der Waals surface area contributed by atoms with E-state index in [1.807, 2.05) is 0 Å². The lowest BCUT2D eigenvalue weighted by atomic mass is 10.2. The summed E-state index contributed by atoms with van der Waals surface area (Å²) >= 11 is 5.24. The molecule has 1 aromatic rings. The molecular formula is C7H7ClN2O2. The van der Waals surface area contributed by atoms with Crippen LogP contribution in [0.2, 0.25) is 0 Å². The Hall–Kier alpha value is -1.29. The molecule has 0 aliphatic heterocycles. The second kappa shape index (κ2) is 3.40. The van der Waals surface area contributed by atoms with Crippen LogP contribution in [0, 0.1) is 6.92 Å². The number of aromatic nitrogens is 1. The van der Waals surface area contributed by atoms with Gasteiger partial charge in [-0.05, 0) is 18.5 Å². The van der Waals surface area contributed by atoms with Crippen LogP contribution in [-0.4, -0.2) is 16.6 Å². The average molecular weight is 187 g/mol. The van der Waals surface area contributed by atoms with Crippen LogP contribution in [0.4, 0.5) is 5.69 Å². The van der Waals surface area contributed by atoms with Gasteiger partial charge in [-0.2, -0.15) is 0 Å². The highest BCUT2D eigenvalue weighted by Gasteiger charge is 2.10. The van der Waals surface area contributed by atoms with Crippen molar-refractivity contribution < 1.29 is 9.59 Å². The third kappa shape index (κ3) is 1.48. The van der Waals surface area contributed by atoms with E-state index in [0.29, 0.717) is 23.4 Å². The Kier molecular flexibility index (Phi) is 2.50. The molecule has 0 saturated carbocycles. The summed E-state index contributed by atoms with van der Waals surface area (Å²) in [5.41, 5.74) is 1.51. The molecule has 4 nitrogen and oxygen atoms in total. The number of aromatic amines is 1. The van der Waals surface area contributed by atoms with Gasteiger partial charge in [0.25, 0.3) is 5.24 Å². The predicted octanol–water partition coefficient (Wildman–Crippen LogP) is 1.27. The number of H-pyrrole nitrogens is 1. The van der Waals surface area contributed by atoms with Gasteiger partial charge in [-0.1, -0.05) is 0 Å². The number of carbonyl (C=O) groups is 2. The zero-order valence-electron chi connectivity index (χ0n) is 6.35. The molecule has 0 aliphatic carbocycles. The quantitative estimate of drug-likeness (QED) is 0.552. The van der Waals surface area contributed by atoms with E-state index in [9.17, 15) is 9.59 Å². The average Bonchev–Trinajstić information content (AvgIpc) is 2.34. The lowest BCUT2D eigenvalue weighted by Gasteiger charge is -1.94. The summed E-state index contributed by atoms with van der Waals surface area (Å²) in [6.45, 7) is 1.69. The molecule has 1 aromatic heterocycles. The summed E-state index contributed by atoms with van der Waals surface area (Å²) in [6, 6.07) is 0. The highest BCUT2D eigenvalue weighted by Crippen LogP contribution is 2.18. The summed E-state index contributed by atoms with van der Waals surface area (Å²) < 4.78 is 0. The molecule has 0 unspecified atom stereocenters. The van der Waals surface area contributed by atoms with Crippen molar-refractivity contribution in [1.29, 1.82) is 0 Å². The summed E-state index contributed by atoms with van der Waals surface area (Å²) in [6.07, 6.45) is 2.05. The molecular weight excluding hydrogens is 180 g/mol. The highest BCUT2D eigenvalue weighted by molar-refractivity contribution is 6.67. The Morgan fingerprint density at radius 1 is 1.75 bits per heavy atom. The Morgan fingerprint density at radius 3 is 2.83 bits per heavy atom. The maximum Gasteiger partial charge on any atom is 0.268 e. The number of amides is 1. The Labute approximate surface area is 73.9 Å². The van der Waals surface area contributed by atoms with E-state index in [2.05, 4.69) is 10.3 Å².